The molecule has 0 bridgehead atoms. The SMILES string of the molecule is Cc1cc(-c2cncn2C)c(C)c(-[n+]2cccnc2C)c1. The number of rotatable bonds is 2. The average molecular weight is 279 g/mol. The third-order valence-electron chi connectivity index (χ3n) is 3.81. The van der Waals surface area contributed by atoms with Crippen LogP contribution in [0.3, 0.4) is 0 Å². The lowest BCUT2D eigenvalue weighted by Crippen LogP contribution is -2.35. The summed E-state index contributed by atoms with van der Waals surface area (Å²) in [6, 6.07) is 6.37. The highest BCUT2D eigenvalue weighted by Crippen LogP contribution is 2.27. The van der Waals surface area contributed by atoms with Crippen LogP contribution in [0.15, 0.2) is 43.1 Å². The monoisotopic (exact) mass is 279 g/mol. The van der Waals surface area contributed by atoms with Crippen molar-refractivity contribution < 1.29 is 4.57 Å². The van der Waals surface area contributed by atoms with E-state index in [2.05, 4.69) is 46.7 Å². The van der Waals surface area contributed by atoms with Crippen molar-refractivity contribution >= 4 is 0 Å². The molecule has 0 saturated carbocycles. The lowest BCUT2D eigenvalue weighted by atomic mass is 10.0. The van der Waals surface area contributed by atoms with Gasteiger partial charge in [0, 0.05) is 31.2 Å². The first-order chi connectivity index (χ1) is 10.1. The second-order valence-electron chi connectivity index (χ2n) is 5.38. The van der Waals surface area contributed by atoms with Crippen molar-refractivity contribution in [1.29, 1.82) is 0 Å². The molecule has 0 saturated heterocycles. The van der Waals surface area contributed by atoms with Crippen LogP contribution in [0.1, 0.15) is 17.0 Å². The lowest BCUT2D eigenvalue weighted by molar-refractivity contribution is -0.606. The van der Waals surface area contributed by atoms with Gasteiger partial charge < -0.3 is 4.57 Å². The van der Waals surface area contributed by atoms with Crippen LogP contribution in [0.5, 0.6) is 0 Å². The molecule has 0 aliphatic heterocycles. The Morgan fingerprint density at radius 1 is 1.14 bits per heavy atom. The van der Waals surface area contributed by atoms with Gasteiger partial charge in [0.2, 0.25) is 0 Å². The number of imidazole rings is 1. The summed E-state index contributed by atoms with van der Waals surface area (Å²) in [7, 11) is 2.02. The van der Waals surface area contributed by atoms with Crippen LogP contribution in [-0.4, -0.2) is 14.5 Å². The zero-order valence-corrected chi connectivity index (χ0v) is 12.8. The molecule has 4 nitrogen and oxygen atoms in total. The van der Waals surface area contributed by atoms with E-state index in [1.165, 1.54) is 16.7 Å². The van der Waals surface area contributed by atoms with Crippen molar-refractivity contribution in [2.45, 2.75) is 20.8 Å². The third kappa shape index (κ3) is 2.33. The zero-order chi connectivity index (χ0) is 15.0. The topological polar surface area (TPSA) is 34.6 Å². The summed E-state index contributed by atoms with van der Waals surface area (Å²) in [4.78, 5) is 8.61. The molecular weight excluding hydrogens is 260 g/mol. The highest BCUT2D eigenvalue weighted by molar-refractivity contribution is 5.67. The van der Waals surface area contributed by atoms with Gasteiger partial charge in [-0.15, -0.1) is 0 Å². The molecule has 3 aromatic rings. The molecule has 4 heteroatoms. The lowest BCUT2D eigenvalue weighted by Gasteiger charge is -2.12. The van der Waals surface area contributed by atoms with Crippen molar-refractivity contribution in [3.05, 3.63) is 60.1 Å². The molecule has 3 rings (SSSR count). The number of benzene rings is 1. The molecule has 0 aliphatic rings. The first kappa shape index (κ1) is 13.5. The second kappa shape index (κ2) is 5.13. The van der Waals surface area contributed by atoms with E-state index in [0.29, 0.717) is 0 Å². The van der Waals surface area contributed by atoms with Crippen LogP contribution in [0.25, 0.3) is 16.9 Å². The minimum Gasteiger partial charge on any atom is -0.334 e. The Bertz CT molecular complexity index is 802. The number of hydrogen-bond donors (Lipinski definition) is 0. The van der Waals surface area contributed by atoms with Crippen molar-refractivity contribution in [3.63, 3.8) is 0 Å². The van der Waals surface area contributed by atoms with Crippen LogP contribution in [0.2, 0.25) is 0 Å². The first-order valence-corrected chi connectivity index (χ1v) is 6.99. The van der Waals surface area contributed by atoms with Gasteiger partial charge in [-0.2, -0.15) is 0 Å². The van der Waals surface area contributed by atoms with Crippen LogP contribution < -0.4 is 4.57 Å². The molecule has 2 aromatic heterocycles. The van der Waals surface area contributed by atoms with Gasteiger partial charge in [-0.05, 0) is 31.5 Å². The van der Waals surface area contributed by atoms with Crippen molar-refractivity contribution in [3.8, 4) is 16.9 Å². The van der Waals surface area contributed by atoms with Crippen molar-refractivity contribution in [2.75, 3.05) is 0 Å². The van der Waals surface area contributed by atoms with Gasteiger partial charge in [0.15, 0.2) is 0 Å². The van der Waals surface area contributed by atoms with Gasteiger partial charge in [0.25, 0.3) is 5.82 Å². The second-order valence-corrected chi connectivity index (χ2v) is 5.38. The number of nitrogens with zero attached hydrogens (tertiary/aromatic N) is 4. The molecule has 106 valence electrons. The standard InChI is InChI=1S/C17H19N4/c1-12-8-15(17-10-18-11-20(17)4)13(2)16(9-12)21-7-5-6-19-14(21)3/h5-11H,1-4H3/q+1. The van der Waals surface area contributed by atoms with E-state index >= 15 is 0 Å². The Labute approximate surface area is 124 Å². The summed E-state index contributed by atoms with van der Waals surface area (Å²) in [5, 5.41) is 0. The van der Waals surface area contributed by atoms with E-state index in [1.807, 2.05) is 43.3 Å². The fourth-order valence-corrected chi connectivity index (χ4v) is 2.67. The number of aryl methyl sites for hydroxylation is 3. The third-order valence-corrected chi connectivity index (χ3v) is 3.81. The number of aromatic nitrogens is 4. The maximum absolute atomic E-state index is 4.38. The summed E-state index contributed by atoms with van der Waals surface area (Å²) in [6.45, 7) is 6.29. The quantitative estimate of drug-likeness (QED) is 0.676. The molecule has 0 radical (unpaired) electrons. The summed E-state index contributed by atoms with van der Waals surface area (Å²) in [5.74, 6) is 0.974. The van der Waals surface area contributed by atoms with Gasteiger partial charge in [-0.3, -0.25) is 0 Å². The molecule has 2 heterocycles. The van der Waals surface area contributed by atoms with E-state index < -0.39 is 0 Å². The highest BCUT2D eigenvalue weighted by atomic mass is 15.0. The van der Waals surface area contributed by atoms with Gasteiger partial charge in [-0.1, -0.05) is 4.98 Å². The highest BCUT2D eigenvalue weighted by Gasteiger charge is 2.16. The largest absolute Gasteiger partial charge is 0.334 e. The predicted octanol–water partition coefficient (Wildman–Crippen LogP) is 2.68. The maximum Gasteiger partial charge on any atom is 0.300 e. The Kier molecular flexibility index (Phi) is 3.29. The molecule has 0 spiro atoms. The summed E-state index contributed by atoms with van der Waals surface area (Å²) < 4.78 is 4.18. The van der Waals surface area contributed by atoms with E-state index in [-0.39, 0.29) is 0 Å². The Hall–Kier alpha value is -2.49. The minimum atomic E-state index is 0.974. The fraction of sp³-hybridized carbons (Fsp3) is 0.235. The molecule has 0 unspecified atom stereocenters. The van der Waals surface area contributed by atoms with E-state index in [0.717, 1.165) is 17.2 Å². The maximum atomic E-state index is 4.38. The minimum absolute atomic E-state index is 0.974. The predicted molar refractivity (Wildman–Crippen MR) is 82.2 cm³/mol. The Morgan fingerprint density at radius 2 is 1.95 bits per heavy atom. The molecular formula is C17H19N4+. The van der Waals surface area contributed by atoms with Gasteiger partial charge >= 0.3 is 0 Å². The van der Waals surface area contributed by atoms with Crippen molar-refractivity contribution in [1.82, 2.24) is 14.5 Å². The molecule has 1 aromatic carbocycles. The van der Waals surface area contributed by atoms with Crippen molar-refractivity contribution in [2.24, 2.45) is 7.05 Å². The van der Waals surface area contributed by atoms with Gasteiger partial charge in [0.05, 0.1) is 18.2 Å². The van der Waals surface area contributed by atoms with Crippen LogP contribution in [0.4, 0.5) is 0 Å². The molecule has 0 N–H and O–H groups in total. The van der Waals surface area contributed by atoms with Crippen LogP contribution >= 0.6 is 0 Å². The van der Waals surface area contributed by atoms with Gasteiger partial charge in [0.1, 0.15) is 18.1 Å². The van der Waals surface area contributed by atoms with Crippen LogP contribution in [-0.2, 0) is 7.05 Å². The molecule has 0 atom stereocenters. The van der Waals surface area contributed by atoms with E-state index in [4.69, 9.17) is 0 Å². The fourth-order valence-electron chi connectivity index (χ4n) is 2.67. The molecule has 21 heavy (non-hydrogen) atoms. The Morgan fingerprint density at radius 3 is 2.62 bits per heavy atom. The molecule has 0 fully saturated rings. The zero-order valence-electron chi connectivity index (χ0n) is 12.8. The summed E-state index contributed by atoms with van der Waals surface area (Å²) in [6.07, 6.45) is 7.61. The Balaban J connectivity index is 2.27. The van der Waals surface area contributed by atoms with Gasteiger partial charge in [-0.25, -0.2) is 9.55 Å². The first-order valence-electron chi connectivity index (χ1n) is 6.99. The summed E-state index contributed by atoms with van der Waals surface area (Å²) >= 11 is 0. The summed E-state index contributed by atoms with van der Waals surface area (Å²) in [5.41, 5.74) is 5.95. The number of hydrogen-bond acceptors (Lipinski definition) is 2. The normalized spacial score (nSPS) is 10.9. The van der Waals surface area contributed by atoms with E-state index in [9.17, 15) is 0 Å². The van der Waals surface area contributed by atoms with E-state index in [1.54, 1.807) is 0 Å². The van der Waals surface area contributed by atoms with Crippen LogP contribution in [0, 0.1) is 20.8 Å². The molecule has 0 aliphatic carbocycles. The molecule has 0 amide bonds. The average Bonchev–Trinajstić information content (AvgIpc) is 2.88. The smallest absolute Gasteiger partial charge is 0.300 e.